The maximum atomic E-state index is 14.5. The Kier molecular flexibility index (Phi) is 5.86. The first kappa shape index (κ1) is 22.4. The number of aliphatic carboxylic acids is 1. The highest BCUT2D eigenvalue weighted by atomic mass is 19.3. The summed E-state index contributed by atoms with van der Waals surface area (Å²) >= 11 is 0. The summed E-state index contributed by atoms with van der Waals surface area (Å²) in [6, 6.07) is 9.63. The Hall–Kier alpha value is -3.79. The Morgan fingerprint density at radius 3 is 2.39 bits per heavy atom. The third kappa shape index (κ3) is 3.82. The highest BCUT2D eigenvalue weighted by Gasteiger charge is 2.44. The number of halogens is 3. The zero-order valence-corrected chi connectivity index (χ0v) is 17.2. The number of hydrogen-bond donors (Lipinski definition) is 2. The molecule has 7 nitrogen and oxygen atoms in total. The Morgan fingerprint density at radius 1 is 1.15 bits per heavy atom. The third-order valence-corrected chi connectivity index (χ3v) is 5.24. The van der Waals surface area contributed by atoms with E-state index in [1.165, 1.54) is 18.2 Å². The van der Waals surface area contributed by atoms with E-state index in [4.69, 9.17) is 14.6 Å². The van der Waals surface area contributed by atoms with Crippen molar-refractivity contribution in [2.45, 2.75) is 26.2 Å². The van der Waals surface area contributed by atoms with E-state index < -0.39 is 37.0 Å². The predicted molar refractivity (Wildman–Crippen MR) is 111 cm³/mol. The molecule has 0 fully saturated rings. The van der Waals surface area contributed by atoms with E-state index in [-0.39, 0.29) is 45.9 Å². The molecule has 10 heteroatoms. The number of rotatable bonds is 7. The van der Waals surface area contributed by atoms with Crippen molar-refractivity contribution in [1.82, 2.24) is 0 Å². The number of fused-ring (bicyclic) bond motifs is 2. The second-order valence-electron chi connectivity index (χ2n) is 7.20. The first-order valence-electron chi connectivity index (χ1n) is 9.92. The molecule has 1 aliphatic rings. The van der Waals surface area contributed by atoms with Gasteiger partial charge >= 0.3 is 12.6 Å². The number of anilines is 1. The molecule has 1 amide bonds. The van der Waals surface area contributed by atoms with E-state index in [0.717, 1.165) is 11.0 Å². The Balaban J connectivity index is 1.92. The van der Waals surface area contributed by atoms with Gasteiger partial charge in [-0.05, 0) is 24.6 Å². The zero-order chi connectivity index (χ0) is 23.9. The van der Waals surface area contributed by atoms with E-state index in [2.05, 4.69) is 0 Å². The number of ether oxygens (including phenoxy) is 2. The summed E-state index contributed by atoms with van der Waals surface area (Å²) < 4.78 is 51.5. The highest BCUT2D eigenvalue weighted by Crippen LogP contribution is 2.50. The first-order chi connectivity index (χ1) is 15.7. The van der Waals surface area contributed by atoms with E-state index >= 15 is 0 Å². The fraction of sp³-hybridized carbons (Fsp3) is 0.217. The molecular formula is C23H18F3NO6. The van der Waals surface area contributed by atoms with Crippen molar-refractivity contribution < 1.29 is 42.4 Å². The van der Waals surface area contributed by atoms with Gasteiger partial charge in [0.25, 0.3) is 5.91 Å². The van der Waals surface area contributed by atoms with Crippen molar-refractivity contribution in [1.29, 1.82) is 0 Å². The normalized spacial score (nSPS) is 15.3. The van der Waals surface area contributed by atoms with Crippen LogP contribution in [0.5, 0.6) is 11.5 Å². The SMILES string of the molecule is CCOc1c2c(c(OC(F)F)c3ccccc13)C(O)N(c1ccc(CC(=O)O)c(F)c1)C2=O. The van der Waals surface area contributed by atoms with Gasteiger partial charge in [-0.25, -0.2) is 4.39 Å². The maximum Gasteiger partial charge on any atom is 0.387 e. The molecule has 0 aliphatic carbocycles. The van der Waals surface area contributed by atoms with Gasteiger partial charge in [0.15, 0.2) is 6.23 Å². The van der Waals surface area contributed by atoms with Crippen LogP contribution in [0.25, 0.3) is 10.8 Å². The Morgan fingerprint density at radius 2 is 1.82 bits per heavy atom. The van der Waals surface area contributed by atoms with Crippen LogP contribution in [0.4, 0.5) is 18.9 Å². The minimum absolute atomic E-state index is 0.0826. The van der Waals surface area contributed by atoms with Crippen LogP contribution in [0.2, 0.25) is 0 Å². The molecular weight excluding hydrogens is 443 g/mol. The van der Waals surface area contributed by atoms with E-state index in [1.54, 1.807) is 25.1 Å². The van der Waals surface area contributed by atoms with Crippen molar-refractivity contribution in [3.63, 3.8) is 0 Å². The number of carbonyl (C=O) groups excluding carboxylic acids is 1. The number of benzene rings is 3. The lowest BCUT2D eigenvalue weighted by molar-refractivity contribution is -0.136. The Bertz CT molecular complexity index is 1260. The Labute approximate surface area is 185 Å². The summed E-state index contributed by atoms with van der Waals surface area (Å²) in [6.07, 6.45) is -2.36. The standard InChI is InChI=1S/C23H18F3NO6/c1-2-32-19-13-5-3-4-6-14(13)20(33-23(25)26)18-17(19)21(30)27(22(18)31)12-8-7-11(9-16(28)29)15(24)10-12/h3-8,10,22-23,31H,2,9H2,1H3,(H,28,29). The molecule has 1 heterocycles. The van der Waals surface area contributed by atoms with Gasteiger partial charge in [0, 0.05) is 16.5 Å². The fourth-order valence-corrected chi connectivity index (χ4v) is 3.98. The molecule has 1 aliphatic heterocycles. The number of carboxylic acid groups (broad SMARTS) is 1. The van der Waals surface area contributed by atoms with Crippen molar-refractivity contribution in [2.75, 3.05) is 11.5 Å². The topological polar surface area (TPSA) is 96.3 Å². The van der Waals surface area contributed by atoms with Crippen LogP contribution in [-0.4, -0.2) is 35.3 Å². The number of nitrogens with zero attached hydrogens (tertiary/aromatic N) is 1. The van der Waals surface area contributed by atoms with E-state index in [9.17, 15) is 27.9 Å². The van der Waals surface area contributed by atoms with Crippen LogP contribution in [0.15, 0.2) is 42.5 Å². The second kappa shape index (κ2) is 8.62. The van der Waals surface area contributed by atoms with Gasteiger partial charge in [0.1, 0.15) is 17.3 Å². The van der Waals surface area contributed by atoms with Gasteiger partial charge in [-0.3, -0.25) is 14.5 Å². The summed E-state index contributed by atoms with van der Waals surface area (Å²) in [4.78, 5) is 25.1. The molecule has 4 rings (SSSR count). The number of carboxylic acids is 1. The summed E-state index contributed by atoms with van der Waals surface area (Å²) in [5.41, 5.74) is -0.608. The third-order valence-electron chi connectivity index (χ3n) is 5.24. The molecule has 172 valence electrons. The van der Waals surface area contributed by atoms with Crippen LogP contribution < -0.4 is 14.4 Å². The molecule has 0 bridgehead atoms. The first-order valence-corrected chi connectivity index (χ1v) is 9.92. The van der Waals surface area contributed by atoms with Gasteiger partial charge in [-0.1, -0.05) is 30.3 Å². The van der Waals surface area contributed by atoms with Gasteiger partial charge in [0.05, 0.1) is 24.2 Å². The van der Waals surface area contributed by atoms with Gasteiger partial charge in [-0.2, -0.15) is 8.78 Å². The average molecular weight is 461 g/mol. The molecule has 3 aromatic carbocycles. The zero-order valence-electron chi connectivity index (χ0n) is 17.2. The lowest BCUT2D eigenvalue weighted by atomic mass is 9.98. The van der Waals surface area contributed by atoms with E-state index in [1.807, 2.05) is 0 Å². The summed E-state index contributed by atoms with van der Waals surface area (Å²) in [5, 5.41) is 20.5. The summed E-state index contributed by atoms with van der Waals surface area (Å²) in [7, 11) is 0. The molecule has 0 spiro atoms. The minimum Gasteiger partial charge on any atom is -0.492 e. The van der Waals surface area contributed by atoms with Crippen molar-refractivity contribution in [2.24, 2.45) is 0 Å². The quantitative estimate of drug-likeness (QED) is 0.546. The van der Waals surface area contributed by atoms with Crippen LogP contribution in [0.3, 0.4) is 0 Å². The maximum absolute atomic E-state index is 14.5. The van der Waals surface area contributed by atoms with E-state index in [0.29, 0.717) is 5.39 Å². The molecule has 0 aromatic heterocycles. The number of carbonyl (C=O) groups is 2. The molecule has 3 aromatic rings. The van der Waals surface area contributed by atoms with Crippen molar-refractivity contribution in [3.8, 4) is 11.5 Å². The highest BCUT2D eigenvalue weighted by molar-refractivity contribution is 6.17. The summed E-state index contributed by atoms with van der Waals surface area (Å²) in [6.45, 7) is -1.41. The monoisotopic (exact) mass is 461 g/mol. The molecule has 1 atom stereocenters. The average Bonchev–Trinajstić information content (AvgIpc) is 3.02. The molecule has 0 radical (unpaired) electrons. The number of aliphatic hydroxyl groups excluding tert-OH is 1. The van der Waals surface area contributed by atoms with Gasteiger partial charge in [0.2, 0.25) is 0 Å². The lowest BCUT2D eigenvalue weighted by Crippen LogP contribution is -2.28. The molecule has 33 heavy (non-hydrogen) atoms. The number of aliphatic hydroxyl groups is 1. The smallest absolute Gasteiger partial charge is 0.387 e. The lowest BCUT2D eigenvalue weighted by Gasteiger charge is -2.22. The number of alkyl halides is 2. The predicted octanol–water partition coefficient (Wildman–Crippen LogP) is 4.26. The van der Waals surface area contributed by atoms with Crippen molar-refractivity contribution in [3.05, 3.63) is 65.0 Å². The minimum atomic E-state index is -3.24. The number of amides is 1. The molecule has 0 saturated carbocycles. The number of hydrogen-bond acceptors (Lipinski definition) is 5. The van der Waals surface area contributed by atoms with Crippen LogP contribution in [0.1, 0.15) is 34.6 Å². The van der Waals surface area contributed by atoms with Crippen molar-refractivity contribution >= 4 is 28.3 Å². The molecule has 2 N–H and O–H groups in total. The van der Waals surface area contributed by atoms with Crippen LogP contribution in [-0.2, 0) is 11.2 Å². The van der Waals surface area contributed by atoms with Crippen LogP contribution >= 0.6 is 0 Å². The van der Waals surface area contributed by atoms with Gasteiger partial charge < -0.3 is 19.7 Å². The van der Waals surface area contributed by atoms with Crippen LogP contribution in [0, 0.1) is 5.82 Å². The molecule has 1 unspecified atom stereocenters. The second-order valence-corrected chi connectivity index (χ2v) is 7.20. The van der Waals surface area contributed by atoms with Gasteiger partial charge in [-0.15, -0.1) is 0 Å². The largest absolute Gasteiger partial charge is 0.492 e. The summed E-state index contributed by atoms with van der Waals surface area (Å²) in [5.74, 6) is -3.25. The fourth-order valence-electron chi connectivity index (χ4n) is 3.98. The molecule has 0 saturated heterocycles.